The maximum absolute atomic E-state index is 13.3. The molecule has 1 aromatic carbocycles. The lowest BCUT2D eigenvalue weighted by atomic mass is 9.95. The van der Waals surface area contributed by atoms with Crippen molar-refractivity contribution in [1.82, 2.24) is 9.47 Å². The van der Waals surface area contributed by atoms with Crippen LogP contribution < -0.4 is 11.3 Å². The fourth-order valence-electron chi connectivity index (χ4n) is 3.13. The van der Waals surface area contributed by atoms with Crippen LogP contribution in [0.2, 0.25) is 5.02 Å². The van der Waals surface area contributed by atoms with Gasteiger partial charge in [-0.25, -0.2) is 4.39 Å². The third-order valence-corrected chi connectivity index (χ3v) is 4.68. The number of nitrogens with two attached hydrogens (primary N) is 1. The van der Waals surface area contributed by atoms with Crippen LogP contribution in [0.25, 0.3) is 0 Å². The Balaban J connectivity index is 2.04. The van der Waals surface area contributed by atoms with Gasteiger partial charge in [-0.05, 0) is 29.7 Å². The van der Waals surface area contributed by atoms with Gasteiger partial charge in [-0.1, -0.05) is 17.7 Å². The first kappa shape index (κ1) is 17.9. The molecule has 26 heavy (non-hydrogen) atoms. The van der Waals surface area contributed by atoms with E-state index in [-0.39, 0.29) is 41.4 Å². The van der Waals surface area contributed by atoms with E-state index in [4.69, 9.17) is 17.3 Å². The summed E-state index contributed by atoms with van der Waals surface area (Å²) in [6, 6.07) is 4.08. The summed E-state index contributed by atoms with van der Waals surface area (Å²) in [5.41, 5.74) is 4.98. The Labute approximate surface area is 152 Å². The Kier molecular flexibility index (Phi) is 4.45. The summed E-state index contributed by atoms with van der Waals surface area (Å²) in [4.78, 5) is 38.0. The van der Waals surface area contributed by atoms with Crippen LogP contribution in [-0.2, 0) is 20.0 Å². The third-order valence-electron chi connectivity index (χ3n) is 4.39. The van der Waals surface area contributed by atoms with Gasteiger partial charge >= 0.3 is 0 Å². The number of rotatable bonds is 3. The van der Waals surface area contributed by atoms with Gasteiger partial charge in [0.05, 0.1) is 10.6 Å². The van der Waals surface area contributed by atoms with Crippen molar-refractivity contribution in [3.8, 4) is 5.75 Å². The normalized spacial score (nSPS) is 13.7. The average Bonchev–Trinajstić information content (AvgIpc) is 2.58. The van der Waals surface area contributed by atoms with Gasteiger partial charge in [0.15, 0.2) is 5.75 Å². The second kappa shape index (κ2) is 6.45. The molecule has 0 aliphatic carbocycles. The molecule has 136 valence electrons. The van der Waals surface area contributed by atoms with Crippen molar-refractivity contribution in [2.45, 2.75) is 13.0 Å². The number of benzene rings is 1. The predicted molar refractivity (Wildman–Crippen MR) is 91.7 cm³/mol. The number of hydrogen-bond acceptors (Lipinski definition) is 4. The summed E-state index contributed by atoms with van der Waals surface area (Å²) in [5, 5.41) is 10.1. The maximum Gasteiger partial charge on any atom is 0.293 e. The highest BCUT2D eigenvalue weighted by Crippen LogP contribution is 2.28. The first-order chi connectivity index (χ1) is 12.2. The zero-order valence-electron chi connectivity index (χ0n) is 13.8. The Morgan fingerprint density at radius 2 is 2.08 bits per heavy atom. The smallest absolute Gasteiger partial charge is 0.293 e. The number of halogens is 2. The second-order valence-corrected chi connectivity index (χ2v) is 6.41. The minimum atomic E-state index is -0.877. The number of nitrogens with zero attached hydrogens (tertiary/aromatic N) is 2. The van der Waals surface area contributed by atoms with Gasteiger partial charge in [-0.15, -0.1) is 0 Å². The molecule has 3 rings (SSSR count). The number of aromatic nitrogens is 1. The number of pyridine rings is 1. The van der Waals surface area contributed by atoms with Gasteiger partial charge in [0.25, 0.3) is 17.4 Å². The lowest BCUT2D eigenvalue weighted by molar-refractivity contribution is 0.0721. The van der Waals surface area contributed by atoms with E-state index in [0.717, 1.165) is 4.57 Å². The third kappa shape index (κ3) is 2.82. The number of carbonyl (C=O) groups excluding carboxylic acids is 2. The minimum absolute atomic E-state index is 0.0694. The second-order valence-electron chi connectivity index (χ2n) is 6.00. The molecule has 0 bridgehead atoms. The van der Waals surface area contributed by atoms with Crippen LogP contribution >= 0.6 is 11.6 Å². The Morgan fingerprint density at radius 1 is 1.38 bits per heavy atom. The molecule has 0 radical (unpaired) electrons. The van der Waals surface area contributed by atoms with Crippen molar-refractivity contribution < 1.29 is 19.1 Å². The monoisotopic (exact) mass is 379 g/mol. The van der Waals surface area contributed by atoms with Crippen molar-refractivity contribution in [1.29, 1.82) is 0 Å². The van der Waals surface area contributed by atoms with Crippen LogP contribution in [0.3, 0.4) is 0 Å². The van der Waals surface area contributed by atoms with Gasteiger partial charge in [0.2, 0.25) is 0 Å². The van der Waals surface area contributed by atoms with Crippen LogP contribution in [0.1, 0.15) is 32.0 Å². The van der Waals surface area contributed by atoms with Gasteiger partial charge in [-0.2, -0.15) is 0 Å². The molecule has 0 saturated heterocycles. The Morgan fingerprint density at radius 3 is 2.69 bits per heavy atom. The van der Waals surface area contributed by atoms with E-state index in [9.17, 15) is 23.9 Å². The minimum Gasteiger partial charge on any atom is -0.502 e. The molecule has 7 nitrogen and oxygen atoms in total. The molecule has 0 fully saturated rings. The van der Waals surface area contributed by atoms with Crippen molar-refractivity contribution in [3.63, 3.8) is 0 Å². The molecule has 3 N–H and O–H groups in total. The number of carbonyl (C=O) groups is 2. The van der Waals surface area contributed by atoms with E-state index in [0.29, 0.717) is 5.56 Å². The van der Waals surface area contributed by atoms with E-state index < -0.39 is 28.9 Å². The molecular weight excluding hydrogens is 365 g/mol. The number of fused-ring (bicyclic) bond motifs is 1. The van der Waals surface area contributed by atoms with Gasteiger partial charge in [0.1, 0.15) is 11.5 Å². The van der Waals surface area contributed by atoms with Crippen molar-refractivity contribution in [2.75, 3.05) is 6.54 Å². The van der Waals surface area contributed by atoms with Crippen molar-refractivity contribution in [3.05, 3.63) is 61.8 Å². The maximum atomic E-state index is 13.3. The lowest BCUT2D eigenvalue weighted by Crippen LogP contribution is -2.41. The number of primary amides is 1. The van der Waals surface area contributed by atoms with Crippen LogP contribution in [0, 0.1) is 5.82 Å². The summed E-state index contributed by atoms with van der Waals surface area (Å²) < 4.78 is 14.2. The molecule has 1 aromatic heterocycles. The van der Waals surface area contributed by atoms with Crippen LogP contribution in [0.5, 0.6) is 5.75 Å². The van der Waals surface area contributed by atoms with E-state index in [1.54, 1.807) is 0 Å². The van der Waals surface area contributed by atoms with Crippen molar-refractivity contribution in [2.24, 2.45) is 12.8 Å². The van der Waals surface area contributed by atoms with Gasteiger partial charge < -0.3 is 20.3 Å². The quantitative estimate of drug-likeness (QED) is 0.835. The van der Waals surface area contributed by atoms with E-state index >= 15 is 0 Å². The highest BCUT2D eigenvalue weighted by Gasteiger charge is 2.33. The van der Waals surface area contributed by atoms with E-state index in [1.165, 1.54) is 30.1 Å². The molecule has 1 aliphatic rings. The first-order valence-corrected chi connectivity index (χ1v) is 8.08. The number of hydrogen-bond donors (Lipinski definition) is 2. The molecule has 2 aromatic rings. The molecule has 1 aliphatic heterocycles. The van der Waals surface area contributed by atoms with Gasteiger partial charge in [-0.3, -0.25) is 14.4 Å². The van der Waals surface area contributed by atoms with Crippen LogP contribution in [-0.4, -0.2) is 32.9 Å². The Hall–Kier alpha value is -2.87. The van der Waals surface area contributed by atoms with E-state index in [2.05, 4.69) is 0 Å². The molecule has 2 heterocycles. The summed E-state index contributed by atoms with van der Waals surface area (Å²) in [5.74, 6) is -2.76. The average molecular weight is 380 g/mol. The highest BCUT2D eigenvalue weighted by atomic mass is 35.5. The van der Waals surface area contributed by atoms with Gasteiger partial charge in [0, 0.05) is 20.1 Å². The van der Waals surface area contributed by atoms with E-state index in [1.807, 2.05) is 0 Å². The summed E-state index contributed by atoms with van der Waals surface area (Å²) in [6.07, 6.45) is 0.232. The molecule has 0 unspecified atom stereocenters. The predicted octanol–water partition coefficient (Wildman–Crippen LogP) is 1.18. The summed E-state index contributed by atoms with van der Waals surface area (Å²) in [7, 11) is 1.31. The topological polar surface area (TPSA) is 106 Å². The molecule has 0 atom stereocenters. The molecule has 0 saturated carbocycles. The largest absolute Gasteiger partial charge is 0.502 e. The highest BCUT2D eigenvalue weighted by molar-refractivity contribution is 6.30. The fourth-order valence-corrected chi connectivity index (χ4v) is 3.34. The zero-order valence-corrected chi connectivity index (χ0v) is 14.5. The summed E-state index contributed by atoms with van der Waals surface area (Å²) >= 11 is 5.75. The van der Waals surface area contributed by atoms with Crippen LogP contribution in [0.4, 0.5) is 4.39 Å². The van der Waals surface area contributed by atoms with Crippen LogP contribution in [0.15, 0.2) is 23.0 Å². The number of amides is 2. The zero-order chi connectivity index (χ0) is 19.2. The fraction of sp³-hybridized carbons (Fsp3) is 0.235. The van der Waals surface area contributed by atoms with Crippen molar-refractivity contribution >= 4 is 23.4 Å². The number of aromatic hydroxyl groups is 1. The molecular formula is C17H15ClFN3O4. The molecule has 0 spiro atoms. The standard InChI is InChI=1S/C17H15ClFN3O4/c1-21-13(15(20)24)9-4-5-22(16(25)12(9)14(23)17(21)26)7-8-2-3-11(19)10(18)6-8/h2-3,6,23H,4-5,7H2,1H3,(H2,20,24). The molecule has 9 heteroatoms. The first-order valence-electron chi connectivity index (χ1n) is 7.70. The molecule has 2 amide bonds. The SMILES string of the molecule is Cn1c(C(N)=O)c2c(c(O)c1=O)C(=O)N(Cc1ccc(F)c(Cl)c1)CC2. The lowest BCUT2D eigenvalue weighted by Gasteiger charge is -2.30. The Bertz CT molecular complexity index is 1000. The summed E-state index contributed by atoms with van der Waals surface area (Å²) in [6.45, 7) is 0.345.